The van der Waals surface area contributed by atoms with Crippen LogP contribution in [-0.2, 0) is 0 Å². The summed E-state index contributed by atoms with van der Waals surface area (Å²) in [7, 11) is 0. The lowest BCUT2D eigenvalue weighted by Crippen LogP contribution is -1.94. The second kappa shape index (κ2) is 6.97. The molecule has 3 rings (SSSR count). The van der Waals surface area contributed by atoms with E-state index in [1.807, 2.05) is 6.07 Å². The van der Waals surface area contributed by atoms with Crippen LogP contribution in [0.5, 0.6) is 0 Å². The monoisotopic (exact) mass is 299 g/mol. The molecule has 0 spiro atoms. The average Bonchev–Trinajstić information content (AvgIpc) is 2.59. The molecule has 0 heterocycles. The Morgan fingerprint density at radius 3 is 2.00 bits per heavy atom. The number of anilines is 2. The minimum absolute atomic E-state index is 1.11. The van der Waals surface area contributed by atoms with Crippen molar-refractivity contribution < 1.29 is 0 Å². The molecule has 0 aliphatic carbocycles. The molecule has 3 aromatic rings. The molecule has 1 N–H and O–H groups in total. The second-order valence-corrected chi connectivity index (χ2v) is 5.74. The molecular formula is C22H21N. The van der Waals surface area contributed by atoms with Crippen molar-refractivity contribution in [3.63, 3.8) is 0 Å². The van der Waals surface area contributed by atoms with Gasteiger partial charge >= 0.3 is 0 Å². The van der Waals surface area contributed by atoms with Crippen LogP contribution in [0, 0.1) is 13.8 Å². The summed E-state index contributed by atoms with van der Waals surface area (Å²) >= 11 is 0. The summed E-state index contributed by atoms with van der Waals surface area (Å²) in [5, 5.41) is 3.49. The van der Waals surface area contributed by atoms with Crippen LogP contribution in [0.4, 0.5) is 11.4 Å². The third-order valence-corrected chi connectivity index (χ3v) is 4.06. The highest BCUT2D eigenvalue weighted by atomic mass is 14.9. The Hall–Kier alpha value is -2.80. The molecular weight excluding hydrogens is 278 g/mol. The van der Waals surface area contributed by atoms with Gasteiger partial charge in [-0.05, 0) is 54.3 Å². The Kier molecular flexibility index (Phi) is 4.58. The Balaban J connectivity index is 1.72. The quantitative estimate of drug-likeness (QED) is 0.564. The predicted molar refractivity (Wildman–Crippen MR) is 101 cm³/mol. The van der Waals surface area contributed by atoms with Gasteiger partial charge in [-0.1, -0.05) is 66.7 Å². The molecule has 0 atom stereocenters. The first-order valence-corrected chi connectivity index (χ1v) is 7.89. The molecule has 0 aliphatic heterocycles. The number of hydrogen-bond acceptors (Lipinski definition) is 1. The van der Waals surface area contributed by atoms with Crippen LogP contribution >= 0.6 is 0 Å². The van der Waals surface area contributed by atoms with E-state index in [0.29, 0.717) is 0 Å². The highest BCUT2D eigenvalue weighted by molar-refractivity contribution is 5.71. The Labute approximate surface area is 138 Å². The van der Waals surface area contributed by atoms with Gasteiger partial charge in [-0.25, -0.2) is 0 Å². The lowest BCUT2D eigenvalue weighted by molar-refractivity contribution is 1.33. The molecule has 0 aliphatic rings. The Morgan fingerprint density at radius 1 is 0.652 bits per heavy atom. The molecule has 0 unspecified atom stereocenters. The standard InChI is InChI=1S/C22H21N/c1-17-7-6-10-22(18(17)2)23-21-15-13-20(14-16-21)12-11-19-8-4-3-5-9-19/h3-16,23H,1-2H3/b12-11+. The van der Waals surface area contributed by atoms with Gasteiger partial charge in [0.15, 0.2) is 0 Å². The third-order valence-electron chi connectivity index (χ3n) is 4.06. The fourth-order valence-corrected chi connectivity index (χ4v) is 2.48. The van der Waals surface area contributed by atoms with Crippen LogP contribution in [0.15, 0.2) is 72.8 Å². The van der Waals surface area contributed by atoms with E-state index >= 15 is 0 Å². The second-order valence-electron chi connectivity index (χ2n) is 5.74. The zero-order valence-corrected chi connectivity index (χ0v) is 13.6. The normalized spacial score (nSPS) is 10.9. The first-order valence-electron chi connectivity index (χ1n) is 7.89. The molecule has 3 aromatic carbocycles. The molecule has 0 fully saturated rings. The summed E-state index contributed by atoms with van der Waals surface area (Å²) in [6.45, 7) is 4.28. The van der Waals surface area contributed by atoms with E-state index in [1.165, 1.54) is 22.3 Å². The molecule has 114 valence electrons. The number of hydrogen-bond donors (Lipinski definition) is 1. The van der Waals surface area contributed by atoms with E-state index in [2.05, 4.69) is 98.0 Å². The van der Waals surface area contributed by atoms with Crippen LogP contribution in [0.1, 0.15) is 22.3 Å². The largest absolute Gasteiger partial charge is 0.355 e. The van der Waals surface area contributed by atoms with E-state index in [9.17, 15) is 0 Å². The van der Waals surface area contributed by atoms with Crippen molar-refractivity contribution in [2.75, 3.05) is 5.32 Å². The molecule has 0 bridgehead atoms. The van der Waals surface area contributed by atoms with Crippen molar-refractivity contribution >= 4 is 23.5 Å². The maximum absolute atomic E-state index is 3.49. The molecule has 0 amide bonds. The molecule has 0 saturated carbocycles. The summed E-state index contributed by atoms with van der Waals surface area (Å²) in [5.41, 5.74) is 7.27. The fraction of sp³-hybridized carbons (Fsp3) is 0.0909. The van der Waals surface area contributed by atoms with Crippen LogP contribution in [-0.4, -0.2) is 0 Å². The van der Waals surface area contributed by atoms with E-state index in [1.54, 1.807) is 0 Å². The van der Waals surface area contributed by atoms with Gasteiger partial charge in [0.2, 0.25) is 0 Å². The lowest BCUT2D eigenvalue weighted by atomic mass is 10.1. The van der Waals surface area contributed by atoms with Crippen molar-refractivity contribution in [3.05, 3.63) is 95.1 Å². The molecule has 0 aromatic heterocycles. The SMILES string of the molecule is Cc1cccc(Nc2ccc(/C=C/c3ccccc3)cc2)c1C. The summed E-state index contributed by atoms with van der Waals surface area (Å²) in [4.78, 5) is 0. The van der Waals surface area contributed by atoms with Gasteiger partial charge < -0.3 is 5.32 Å². The maximum atomic E-state index is 3.49. The molecule has 0 radical (unpaired) electrons. The summed E-state index contributed by atoms with van der Waals surface area (Å²) in [5.74, 6) is 0. The average molecular weight is 299 g/mol. The lowest BCUT2D eigenvalue weighted by Gasteiger charge is -2.11. The van der Waals surface area contributed by atoms with Crippen molar-refractivity contribution in [1.29, 1.82) is 0 Å². The van der Waals surface area contributed by atoms with Gasteiger partial charge in [0.25, 0.3) is 0 Å². The highest BCUT2D eigenvalue weighted by Gasteiger charge is 2.00. The Bertz CT molecular complexity index is 799. The van der Waals surface area contributed by atoms with Crippen LogP contribution < -0.4 is 5.32 Å². The van der Waals surface area contributed by atoms with Crippen molar-refractivity contribution in [2.45, 2.75) is 13.8 Å². The van der Waals surface area contributed by atoms with Crippen LogP contribution in [0.25, 0.3) is 12.2 Å². The van der Waals surface area contributed by atoms with Gasteiger partial charge in [-0.3, -0.25) is 0 Å². The van der Waals surface area contributed by atoms with Crippen molar-refractivity contribution in [1.82, 2.24) is 0 Å². The number of rotatable bonds is 4. The molecule has 0 saturated heterocycles. The van der Waals surface area contributed by atoms with Gasteiger partial charge in [-0.2, -0.15) is 0 Å². The Morgan fingerprint density at radius 2 is 1.30 bits per heavy atom. The van der Waals surface area contributed by atoms with Gasteiger partial charge in [-0.15, -0.1) is 0 Å². The van der Waals surface area contributed by atoms with Gasteiger partial charge in [0.1, 0.15) is 0 Å². The van der Waals surface area contributed by atoms with E-state index in [4.69, 9.17) is 0 Å². The predicted octanol–water partition coefficient (Wildman–Crippen LogP) is 6.22. The highest BCUT2D eigenvalue weighted by Crippen LogP contribution is 2.23. The van der Waals surface area contributed by atoms with Gasteiger partial charge in [0, 0.05) is 11.4 Å². The summed E-state index contributed by atoms with van der Waals surface area (Å²) < 4.78 is 0. The van der Waals surface area contributed by atoms with Crippen LogP contribution in [0.2, 0.25) is 0 Å². The van der Waals surface area contributed by atoms with Gasteiger partial charge in [0.05, 0.1) is 0 Å². The van der Waals surface area contributed by atoms with Crippen LogP contribution in [0.3, 0.4) is 0 Å². The zero-order chi connectivity index (χ0) is 16.1. The first-order chi connectivity index (χ1) is 11.2. The molecule has 1 nitrogen and oxygen atoms in total. The van der Waals surface area contributed by atoms with Crippen molar-refractivity contribution in [2.24, 2.45) is 0 Å². The third kappa shape index (κ3) is 3.89. The fourth-order valence-electron chi connectivity index (χ4n) is 2.48. The van der Waals surface area contributed by atoms with E-state index < -0.39 is 0 Å². The summed E-state index contributed by atoms with van der Waals surface area (Å²) in [6.07, 6.45) is 4.27. The zero-order valence-electron chi connectivity index (χ0n) is 13.6. The minimum Gasteiger partial charge on any atom is -0.355 e. The topological polar surface area (TPSA) is 12.0 Å². The minimum atomic E-state index is 1.11. The molecule has 1 heteroatoms. The smallest absolute Gasteiger partial charge is 0.0416 e. The van der Waals surface area contributed by atoms with Crippen molar-refractivity contribution in [3.8, 4) is 0 Å². The number of benzene rings is 3. The number of aryl methyl sites for hydroxylation is 1. The number of nitrogens with one attached hydrogen (secondary N) is 1. The maximum Gasteiger partial charge on any atom is 0.0416 e. The summed E-state index contributed by atoms with van der Waals surface area (Å²) in [6, 6.07) is 25.2. The first kappa shape index (κ1) is 15.1. The van der Waals surface area contributed by atoms with E-state index in [-0.39, 0.29) is 0 Å². The van der Waals surface area contributed by atoms with E-state index in [0.717, 1.165) is 11.4 Å². The molecule has 23 heavy (non-hydrogen) atoms.